The summed E-state index contributed by atoms with van der Waals surface area (Å²) >= 11 is 18.6. The molecule has 0 aromatic heterocycles. The van der Waals surface area contributed by atoms with Crippen molar-refractivity contribution in [2.75, 3.05) is 5.32 Å². The van der Waals surface area contributed by atoms with Gasteiger partial charge in [-0.1, -0.05) is 54.1 Å². The molecular weight excluding hydrogens is 329 g/mol. The molecule has 1 amide bonds. The standard InChI is InChI=1S/C16H12Cl3NO/c17-11-8-4-5-9-12(11)20-15(21)14-13(16(14,18)19)10-6-2-1-3-7-10/h1-9,13-14H,(H,20,21). The van der Waals surface area contributed by atoms with Crippen molar-refractivity contribution in [3.8, 4) is 0 Å². The Hall–Kier alpha value is -1.22. The molecule has 3 rings (SSSR count). The van der Waals surface area contributed by atoms with Gasteiger partial charge >= 0.3 is 0 Å². The summed E-state index contributed by atoms with van der Waals surface area (Å²) in [5.41, 5.74) is 1.52. The topological polar surface area (TPSA) is 29.1 Å². The minimum atomic E-state index is -1.08. The molecule has 0 spiro atoms. The number of benzene rings is 2. The fraction of sp³-hybridized carbons (Fsp3) is 0.188. The first-order valence-corrected chi connectivity index (χ1v) is 7.63. The molecule has 21 heavy (non-hydrogen) atoms. The molecule has 2 atom stereocenters. The Morgan fingerprint density at radius 1 is 1.00 bits per heavy atom. The molecule has 108 valence electrons. The first kappa shape index (κ1) is 14.7. The lowest BCUT2D eigenvalue weighted by molar-refractivity contribution is -0.117. The Balaban J connectivity index is 1.79. The molecule has 1 aliphatic carbocycles. The smallest absolute Gasteiger partial charge is 0.231 e. The molecule has 2 unspecified atom stereocenters. The van der Waals surface area contributed by atoms with E-state index in [1.54, 1.807) is 24.3 Å². The predicted octanol–water partition coefficient (Wildman–Crippen LogP) is 4.87. The number of para-hydroxylation sites is 1. The van der Waals surface area contributed by atoms with Gasteiger partial charge in [0, 0.05) is 5.92 Å². The van der Waals surface area contributed by atoms with E-state index >= 15 is 0 Å². The van der Waals surface area contributed by atoms with E-state index in [2.05, 4.69) is 5.32 Å². The number of amides is 1. The third kappa shape index (κ3) is 2.76. The third-order valence-electron chi connectivity index (χ3n) is 3.63. The molecule has 1 aliphatic rings. The van der Waals surface area contributed by atoms with Crippen molar-refractivity contribution in [2.24, 2.45) is 5.92 Å². The van der Waals surface area contributed by atoms with Gasteiger partial charge in [0.1, 0.15) is 4.33 Å². The van der Waals surface area contributed by atoms with Crippen LogP contribution in [0.2, 0.25) is 5.02 Å². The van der Waals surface area contributed by atoms with Crippen LogP contribution >= 0.6 is 34.8 Å². The van der Waals surface area contributed by atoms with Crippen molar-refractivity contribution >= 4 is 46.4 Å². The lowest BCUT2D eigenvalue weighted by atomic mass is 10.1. The van der Waals surface area contributed by atoms with Crippen LogP contribution in [-0.4, -0.2) is 10.2 Å². The fourth-order valence-corrected chi connectivity index (χ4v) is 3.51. The molecule has 1 N–H and O–H groups in total. The molecule has 5 heteroatoms. The van der Waals surface area contributed by atoms with Gasteiger partial charge in [0.15, 0.2) is 0 Å². The Morgan fingerprint density at radius 2 is 1.62 bits per heavy atom. The molecule has 1 saturated carbocycles. The maximum absolute atomic E-state index is 12.4. The minimum absolute atomic E-state index is 0.204. The van der Waals surface area contributed by atoms with E-state index in [0.29, 0.717) is 10.7 Å². The van der Waals surface area contributed by atoms with E-state index in [1.165, 1.54) is 0 Å². The zero-order valence-corrected chi connectivity index (χ0v) is 13.2. The molecule has 2 nitrogen and oxygen atoms in total. The summed E-state index contributed by atoms with van der Waals surface area (Å²) in [6.45, 7) is 0. The molecule has 0 saturated heterocycles. The summed E-state index contributed by atoms with van der Waals surface area (Å²) in [4.78, 5) is 12.4. The van der Waals surface area contributed by atoms with Crippen molar-refractivity contribution in [1.82, 2.24) is 0 Å². The maximum Gasteiger partial charge on any atom is 0.231 e. The number of halogens is 3. The van der Waals surface area contributed by atoms with Crippen molar-refractivity contribution in [2.45, 2.75) is 10.3 Å². The van der Waals surface area contributed by atoms with Crippen LogP contribution in [0, 0.1) is 5.92 Å². The molecule has 2 aromatic carbocycles. The van der Waals surface area contributed by atoms with Crippen molar-refractivity contribution in [3.05, 3.63) is 65.2 Å². The lowest BCUT2D eigenvalue weighted by Gasteiger charge is -2.06. The van der Waals surface area contributed by atoms with Gasteiger partial charge in [-0.05, 0) is 17.7 Å². The summed E-state index contributed by atoms with van der Waals surface area (Å²) in [7, 11) is 0. The second-order valence-corrected chi connectivity index (χ2v) is 6.86. The average molecular weight is 341 g/mol. The van der Waals surface area contributed by atoms with Crippen LogP contribution in [0.5, 0.6) is 0 Å². The highest BCUT2D eigenvalue weighted by atomic mass is 35.5. The van der Waals surface area contributed by atoms with Gasteiger partial charge in [-0.25, -0.2) is 0 Å². The number of hydrogen-bond donors (Lipinski definition) is 1. The number of rotatable bonds is 3. The number of anilines is 1. The molecule has 1 fully saturated rings. The van der Waals surface area contributed by atoms with E-state index in [9.17, 15) is 4.79 Å². The maximum atomic E-state index is 12.4. The second kappa shape index (κ2) is 5.53. The first-order chi connectivity index (χ1) is 10.0. The summed E-state index contributed by atoms with van der Waals surface area (Å²) < 4.78 is -1.08. The molecule has 0 heterocycles. The van der Waals surface area contributed by atoms with Crippen molar-refractivity contribution < 1.29 is 4.79 Å². The second-order valence-electron chi connectivity index (χ2n) is 5.01. The van der Waals surface area contributed by atoms with Gasteiger partial charge in [-0.15, -0.1) is 23.2 Å². The molecule has 0 aliphatic heterocycles. The first-order valence-electron chi connectivity index (χ1n) is 6.50. The largest absolute Gasteiger partial charge is 0.324 e. The van der Waals surface area contributed by atoms with Crippen LogP contribution in [0.1, 0.15) is 11.5 Å². The highest BCUT2D eigenvalue weighted by Gasteiger charge is 2.67. The summed E-state index contributed by atoms with van der Waals surface area (Å²) in [5, 5.41) is 3.27. The quantitative estimate of drug-likeness (QED) is 0.794. The molecule has 0 bridgehead atoms. The van der Waals surface area contributed by atoms with E-state index < -0.39 is 10.3 Å². The average Bonchev–Trinajstić information content (AvgIpc) is 3.05. The van der Waals surface area contributed by atoms with Gasteiger partial charge in [0.05, 0.1) is 16.6 Å². The Labute approximate surface area is 138 Å². The fourth-order valence-electron chi connectivity index (χ4n) is 2.50. The van der Waals surface area contributed by atoms with Gasteiger partial charge in [-0.2, -0.15) is 0 Å². The normalized spacial score (nSPS) is 22.6. The number of carbonyl (C=O) groups excluding carboxylic acids is 1. The predicted molar refractivity (Wildman–Crippen MR) is 87.2 cm³/mol. The van der Waals surface area contributed by atoms with E-state index in [4.69, 9.17) is 34.8 Å². The zero-order valence-electron chi connectivity index (χ0n) is 10.9. The highest BCUT2D eigenvalue weighted by molar-refractivity contribution is 6.53. The van der Waals surface area contributed by atoms with E-state index in [-0.39, 0.29) is 11.8 Å². The molecule has 0 radical (unpaired) electrons. The number of nitrogens with one attached hydrogen (secondary N) is 1. The Kier molecular flexibility index (Phi) is 3.87. The minimum Gasteiger partial charge on any atom is -0.324 e. The number of alkyl halides is 2. The van der Waals surface area contributed by atoms with Crippen LogP contribution in [0.15, 0.2) is 54.6 Å². The summed E-state index contributed by atoms with van der Waals surface area (Å²) in [6.07, 6.45) is 0. The monoisotopic (exact) mass is 339 g/mol. The summed E-state index contributed by atoms with van der Waals surface area (Å²) in [6, 6.07) is 16.6. The van der Waals surface area contributed by atoms with E-state index in [1.807, 2.05) is 30.3 Å². The van der Waals surface area contributed by atoms with Crippen molar-refractivity contribution in [3.63, 3.8) is 0 Å². The van der Waals surface area contributed by atoms with Crippen LogP contribution in [0.4, 0.5) is 5.69 Å². The van der Waals surface area contributed by atoms with Crippen LogP contribution in [0.3, 0.4) is 0 Å². The number of carbonyl (C=O) groups is 1. The van der Waals surface area contributed by atoms with Crippen molar-refractivity contribution in [1.29, 1.82) is 0 Å². The van der Waals surface area contributed by atoms with Crippen LogP contribution in [0.25, 0.3) is 0 Å². The van der Waals surface area contributed by atoms with Crippen LogP contribution < -0.4 is 5.32 Å². The third-order valence-corrected chi connectivity index (χ3v) is 4.90. The molecular formula is C16H12Cl3NO. The van der Waals surface area contributed by atoms with Gasteiger partial charge < -0.3 is 5.32 Å². The molecule has 2 aromatic rings. The Bertz CT molecular complexity index is 672. The van der Waals surface area contributed by atoms with Crippen LogP contribution in [-0.2, 0) is 4.79 Å². The van der Waals surface area contributed by atoms with Gasteiger partial charge in [0.25, 0.3) is 0 Å². The van der Waals surface area contributed by atoms with Gasteiger partial charge in [-0.3, -0.25) is 4.79 Å². The van der Waals surface area contributed by atoms with Gasteiger partial charge in [0.2, 0.25) is 5.91 Å². The Morgan fingerprint density at radius 3 is 2.29 bits per heavy atom. The van der Waals surface area contributed by atoms with E-state index in [0.717, 1.165) is 5.56 Å². The number of hydrogen-bond acceptors (Lipinski definition) is 1. The summed E-state index contributed by atoms with van der Waals surface area (Å²) in [5.74, 6) is -0.911. The lowest BCUT2D eigenvalue weighted by Crippen LogP contribution is -2.17. The highest BCUT2D eigenvalue weighted by Crippen LogP contribution is 2.65. The zero-order chi connectivity index (χ0) is 15.0. The SMILES string of the molecule is O=C(Nc1ccccc1Cl)C1C(c2ccccc2)C1(Cl)Cl.